The van der Waals surface area contributed by atoms with E-state index in [4.69, 9.17) is 16.3 Å². The Labute approximate surface area is 158 Å². The van der Waals surface area contributed by atoms with Gasteiger partial charge in [0.2, 0.25) is 5.88 Å². The minimum atomic E-state index is -0.664. The molecule has 138 valence electrons. The monoisotopic (exact) mass is 389 g/mol. The summed E-state index contributed by atoms with van der Waals surface area (Å²) < 4.78 is 33.6. The van der Waals surface area contributed by atoms with Crippen molar-refractivity contribution in [3.05, 3.63) is 65.1 Å². The Balaban J connectivity index is 1.64. The van der Waals surface area contributed by atoms with E-state index >= 15 is 0 Å². The molecule has 1 aromatic carbocycles. The first kappa shape index (κ1) is 17.4. The molecule has 0 amide bonds. The van der Waals surface area contributed by atoms with Gasteiger partial charge in [-0.15, -0.1) is 0 Å². The summed E-state index contributed by atoms with van der Waals surface area (Å²) in [6.07, 6.45) is 4.67. The number of rotatable bonds is 4. The summed E-state index contributed by atoms with van der Waals surface area (Å²) in [5.41, 5.74) is 0.0740. The Morgan fingerprint density at radius 2 is 2.04 bits per heavy atom. The van der Waals surface area contributed by atoms with E-state index in [1.54, 1.807) is 29.4 Å². The highest BCUT2D eigenvalue weighted by Gasteiger charge is 2.23. The Kier molecular flexibility index (Phi) is 4.72. The van der Waals surface area contributed by atoms with Gasteiger partial charge >= 0.3 is 0 Å². The van der Waals surface area contributed by atoms with Crippen molar-refractivity contribution in [2.45, 2.75) is 6.54 Å². The van der Waals surface area contributed by atoms with Crippen LogP contribution in [0.3, 0.4) is 0 Å². The zero-order valence-corrected chi connectivity index (χ0v) is 14.7. The van der Waals surface area contributed by atoms with Crippen LogP contribution in [0.4, 0.5) is 20.4 Å². The molecule has 0 radical (unpaired) electrons. The van der Waals surface area contributed by atoms with Crippen molar-refractivity contribution in [2.75, 3.05) is 23.3 Å². The van der Waals surface area contributed by atoms with Gasteiger partial charge in [-0.2, -0.15) is 4.98 Å². The molecule has 0 bridgehead atoms. The number of nitrogens with one attached hydrogen (secondary N) is 1. The Bertz CT molecular complexity index is 973. The van der Waals surface area contributed by atoms with E-state index in [0.29, 0.717) is 30.5 Å². The van der Waals surface area contributed by atoms with Gasteiger partial charge in [-0.1, -0.05) is 11.6 Å². The molecule has 1 N–H and O–H groups in total. The Hall–Kier alpha value is -3.00. The molecule has 3 heterocycles. The molecule has 0 unspecified atom stereocenters. The maximum Gasteiger partial charge on any atom is 0.240 e. The van der Waals surface area contributed by atoms with Gasteiger partial charge in [0.1, 0.15) is 17.4 Å². The van der Waals surface area contributed by atoms with E-state index in [-0.39, 0.29) is 23.0 Å². The van der Waals surface area contributed by atoms with E-state index in [9.17, 15) is 8.78 Å². The number of benzene rings is 1. The molecule has 0 aliphatic carbocycles. The summed E-state index contributed by atoms with van der Waals surface area (Å²) in [4.78, 5) is 14.5. The molecule has 0 fully saturated rings. The van der Waals surface area contributed by atoms with E-state index in [2.05, 4.69) is 20.3 Å². The summed E-state index contributed by atoms with van der Waals surface area (Å²) in [6, 6.07) is 5.55. The van der Waals surface area contributed by atoms with Gasteiger partial charge < -0.3 is 15.0 Å². The molecular formula is C18H14ClF2N5O. The lowest BCUT2D eigenvalue weighted by molar-refractivity contribution is 0.457. The zero-order chi connectivity index (χ0) is 18.8. The number of hydrogen-bond acceptors (Lipinski definition) is 6. The van der Waals surface area contributed by atoms with Crippen LogP contribution in [0, 0.1) is 11.6 Å². The maximum atomic E-state index is 14.2. The molecule has 0 atom stereocenters. The molecule has 27 heavy (non-hydrogen) atoms. The van der Waals surface area contributed by atoms with Crippen molar-refractivity contribution in [2.24, 2.45) is 0 Å². The summed E-state index contributed by atoms with van der Waals surface area (Å²) in [5.74, 6) is 0.554. The summed E-state index contributed by atoms with van der Waals surface area (Å²) >= 11 is 5.96. The maximum absolute atomic E-state index is 14.2. The SMILES string of the molecule is Fc1ccc(F)c(CN2CCNc3ncc(Oc4cccnc4)nc32)c1Cl. The number of ether oxygens (including phenoxy) is 1. The van der Waals surface area contributed by atoms with Crippen LogP contribution >= 0.6 is 11.6 Å². The molecular weight excluding hydrogens is 376 g/mol. The van der Waals surface area contributed by atoms with Crippen LogP contribution in [0.25, 0.3) is 0 Å². The Morgan fingerprint density at radius 3 is 2.85 bits per heavy atom. The number of fused-ring (bicyclic) bond motifs is 1. The molecule has 3 aromatic rings. The minimum absolute atomic E-state index is 0.0577. The van der Waals surface area contributed by atoms with E-state index in [0.717, 1.165) is 12.1 Å². The van der Waals surface area contributed by atoms with Crippen molar-refractivity contribution in [3.63, 3.8) is 0 Å². The molecule has 4 rings (SSSR count). The fraction of sp³-hybridized carbons (Fsp3) is 0.167. The fourth-order valence-electron chi connectivity index (χ4n) is 2.76. The number of aromatic nitrogens is 3. The normalized spacial score (nSPS) is 13.1. The first-order valence-electron chi connectivity index (χ1n) is 8.18. The fourth-order valence-corrected chi connectivity index (χ4v) is 2.97. The van der Waals surface area contributed by atoms with Gasteiger partial charge in [0.25, 0.3) is 0 Å². The minimum Gasteiger partial charge on any atom is -0.436 e. The van der Waals surface area contributed by atoms with E-state index in [1.807, 2.05) is 0 Å². The predicted molar refractivity (Wildman–Crippen MR) is 97.3 cm³/mol. The van der Waals surface area contributed by atoms with Crippen LogP contribution in [0.15, 0.2) is 42.9 Å². The lowest BCUT2D eigenvalue weighted by Gasteiger charge is -2.30. The van der Waals surface area contributed by atoms with Gasteiger partial charge in [0.15, 0.2) is 11.6 Å². The van der Waals surface area contributed by atoms with Crippen molar-refractivity contribution in [1.29, 1.82) is 0 Å². The highest BCUT2D eigenvalue weighted by molar-refractivity contribution is 6.31. The number of halogens is 3. The summed E-state index contributed by atoms with van der Waals surface area (Å²) in [6.45, 7) is 1.16. The highest BCUT2D eigenvalue weighted by Crippen LogP contribution is 2.32. The lowest BCUT2D eigenvalue weighted by Crippen LogP contribution is -2.35. The quantitative estimate of drug-likeness (QED) is 0.680. The van der Waals surface area contributed by atoms with Crippen LogP contribution in [0.5, 0.6) is 11.6 Å². The van der Waals surface area contributed by atoms with Crippen molar-refractivity contribution >= 4 is 23.2 Å². The van der Waals surface area contributed by atoms with Crippen molar-refractivity contribution < 1.29 is 13.5 Å². The zero-order valence-electron chi connectivity index (χ0n) is 14.0. The van der Waals surface area contributed by atoms with Gasteiger partial charge in [-0.05, 0) is 24.3 Å². The van der Waals surface area contributed by atoms with Crippen molar-refractivity contribution in [3.8, 4) is 11.6 Å². The second-order valence-corrected chi connectivity index (χ2v) is 6.22. The first-order valence-corrected chi connectivity index (χ1v) is 8.56. The van der Waals surface area contributed by atoms with Gasteiger partial charge in [0, 0.05) is 31.4 Å². The molecule has 2 aromatic heterocycles. The molecule has 1 aliphatic heterocycles. The van der Waals surface area contributed by atoms with E-state index in [1.165, 1.54) is 6.20 Å². The third-order valence-electron chi connectivity index (χ3n) is 4.05. The lowest BCUT2D eigenvalue weighted by atomic mass is 10.1. The molecule has 9 heteroatoms. The average molecular weight is 390 g/mol. The molecule has 6 nitrogen and oxygen atoms in total. The van der Waals surface area contributed by atoms with Crippen LogP contribution in [0.2, 0.25) is 5.02 Å². The average Bonchev–Trinajstić information content (AvgIpc) is 2.69. The second-order valence-electron chi connectivity index (χ2n) is 5.84. The number of pyridine rings is 1. The predicted octanol–water partition coefficient (Wildman–Crippen LogP) is 4.03. The smallest absolute Gasteiger partial charge is 0.240 e. The largest absolute Gasteiger partial charge is 0.436 e. The van der Waals surface area contributed by atoms with Crippen LogP contribution in [-0.2, 0) is 6.54 Å². The summed E-state index contributed by atoms with van der Waals surface area (Å²) in [5, 5.41) is 2.90. The second kappa shape index (κ2) is 7.32. The topological polar surface area (TPSA) is 63.2 Å². The standard InChI is InChI=1S/C18H14ClF2N5O/c19-16-12(13(20)3-4-14(16)21)10-26-7-6-23-17-18(26)25-15(9-24-17)27-11-2-1-5-22-8-11/h1-5,8-9H,6-7,10H2,(H,23,24). The molecule has 0 spiro atoms. The third kappa shape index (κ3) is 3.61. The Morgan fingerprint density at radius 1 is 1.19 bits per heavy atom. The van der Waals surface area contributed by atoms with Crippen LogP contribution in [0.1, 0.15) is 5.56 Å². The van der Waals surface area contributed by atoms with Gasteiger partial charge in [-0.3, -0.25) is 4.98 Å². The number of anilines is 2. The van der Waals surface area contributed by atoms with Crippen LogP contribution in [-0.4, -0.2) is 28.0 Å². The third-order valence-corrected chi connectivity index (χ3v) is 4.46. The summed E-state index contributed by atoms with van der Waals surface area (Å²) in [7, 11) is 0. The van der Waals surface area contributed by atoms with Crippen molar-refractivity contribution in [1.82, 2.24) is 15.0 Å². The van der Waals surface area contributed by atoms with E-state index < -0.39 is 11.6 Å². The first-order chi connectivity index (χ1) is 13.1. The van der Waals surface area contributed by atoms with Gasteiger partial charge in [0.05, 0.1) is 17.4 Å². The van der Waals surface area contributed by atoms with Gasteiger partial charge in [-0.25, -0.2) is 13.8 Å². The molecule has 0 saturated carbocycles. The number of hydrogen-bond donors (Lipinski definition) is 1. The molecule has 0 saturated heterocycles. The highest BCUT2D eigenvalue weighted by atomic mass is 35.5. The molecule has 1 aliphatic rings. The number of nitrogens with zero attached hydrogens (tertiary/aromatic N) is 4. The van der Waals surface area contributed by atoms with Crippen LogP contribution < -0.4 is 15.0 Å².